The minimum Gasteiger partial charge on any atom is -0.488 e. The minimum absolute atomic E-state index is 0.0182. The van der Waals surface area contributed by atoms with Gasteiger partial charge in [0.1, 0.15) is 17.1 Å². The molecule has 1 aliphatic heterocycles. The van der Waals surface area contributed by atoms with Gasteiger partial charge in [0.25, 0.3) is 5.91 Å². The van der Waals surface area contributed by atoms with Crippen LogP contribution in [0.5, 0.6) is 5.75 Å². The first-order chi connectivity index (χ1) is 14.7. The highest BCUT2D eigenvalue weighted by Crippen LogP contribution is 2.35. The average Bonchev–Trinajstić information content (AvgIpc) is 2.96. The van der Waals surface area contributed by atoms with Gasteiger partial charge in [0.05, 0.1) is 11.6 Å². The molecule has 32 heavy (non-hydrogen) atoms. The fourth-order valence-electron chi connectivity index (χ4n) is 3.19. The van der Waals surface area contributed by atoms with Crippen LogP contribution in [-0.4, -0.2) is 42.2 Å². The van der Waals surface area contributed by atoms with Crippen molar-refractivity contribution >= 4 is 21.6 Å². The van der Waals surface area contributed by atoms with Gasteiger partial charge in [-0.05, 0) is 31.5 Å². The molecule has 0 aliphatic carbocycles. The van der Waals surface area contributed by atoms with Crippen LogP contribution in [-0.2, 0) is 23.2 Å². The van der Waals surface area contributed by atoms with Gasteiger partial charge in [0.15, 0.2) is 11.4 Å². The normalized spacial score (nSPS) is 19.6. The molecule has 0 saturated heterocycles. The zero-order chi connectivity index (χ0) is 24.1. The Bertz CT molecular complexity index is 1230. The molecule has 8 nitrogen and oxygen atoms in total. The van der Waals surface area contributed by atoms with E-state index >= 15 is 0 Å². The summed E-state index contributed by atoms with van der Waals surface area (Å²) in [5.74, 6) is 0.876. The number of aliphatic hydroxyl groups is 1. The Balaban J connectivity index is 1.99. The third-order valence-electron chi connectivity index (χ3n) is 5.07. The number of halogens is 3. The van der Waals surface area contributed by atoms with Crippen molar-refractivity contribution in [2.75, 3.05) is 11.9 Å². The van der Waals surface area contributed by atoms with Crippen molar-refractivity contribution in [3.63, 3.8) is 0 Å². The van der Waals surface area contributed by atoms with Crippen molar-refractivity contribution in [1.29, 1.82) is 0 Å². The highest BCUT2D eigenvalue weighted by Gasteiger charge is 2.41. The second-order valence-corrected chi connectivity index (χ2v) is 9.22. The number of terminal acetylenes is 1. The largest absolute Gasteiger partial charge is 0.488 e. The van der Waals surface area contributed by atoms with Gasteiger partial charge in [-0.3, -0.25) is 4.79 Å². The number of anilines is 1. The van der Waals surface area contributed by atoms with Gasteiger partial charge in [-0.25, -0.2) is 13.1 Å². The maximum Gasteiger partial charge on any atom is 0.416 e. The van der Waals surface area contributed by atoms with Crippen molar-refractivity contribution in [2.45, 2.75) is 36.6 Å². The first-order valence-corrected chi connectivity index (χ1v) is 10.7. The summed E-state index contributed by atoms with van der Waals surface area (Å²) in [6.07, 6.45) is 1.77. The molecule has 3 N–H and O–H groups in total. The summed E-state index contributed by atoms with van der Waals surface area (Å²) in [6, 6.07) is 2.08. The quantitative estimate of drug-likeness (QED) is 0.594. The summed E-state index contributed by atoms with van der Waals surface area (Å²) >= 11 is 0. The van der Waals surface area contributed by atoms with Crippen LogP contribution in [0.25, 0.3) is 0 Å². The third kappa shape index (κ3) is 4.32. The van der Waals surface area contributed by atoms with Crippen LogP contribution in [0, 0.1) is 19.3 Å². The van der Waals surface area contributed by atoms with Crippen molar-refractivity contribution in [3.8, 4) is 18.1 Å². The molecule has 3 rings (SSSR count). The summed E-state index contributed by atoms with van der Waals surface area (Å²) in [7, 11) is -2.86. The standard InChI is InChI=1S/C20H20F3N3O5S/c1-5-19(3,28)15-10-31-17-14(32(29,30)25-15)9-26(4)16(17)18(27)24-12-7-6-11(2)13(8-12)20(21,22)23/h1,6-9,15,25,28H,10H2,2-4H3,(H,24,27)/t15-,19+/m0/s1. The van der Waals surface area contributed by atoms with Gasteiger partial charge in [-0.15, -0.1) is 6.42 Å². The molecule has 2 heterocycles. The van der Waals surface area contributed by atoms with Crippen molar-refractivity contribution < 1.29 is 36.2 Å². The molecular formula is C20H20F3N3O5S. The number of nitrogens with zero attached hydrogens (tertiary/aromatic N) is 1. The molecule has 0 bridgehead atoms. The van der Waals surface area contributed by atoms with Gasteiger partial charge >= 0.3 is 6.18 Å². The predicted molar refractivity (Wildman–Crippen MR) is 109 cm³/mol. The maximum absolute atomic E-state index is 13.2. The van der Waals surface area contributed by atoms with Crippen LogP contribution in [0.15, 0.2) is 29.3 Å². The molecule has 1 amide bonds. The van der Waals surface area contributed by atoms with Gasteiger partial charge in [0, 0.05) is 18.9 Å². The van der Waals surface area contributed by atoms with Crippen molar-refractivity contribution in [3.05, 3.63) is 41.2 Å². The first-order valence-electron chi connectivity index (χ1n) is 9.21. The summed E-state index contributed by atoms with van der Waals surface area (Å²) in [4.78, 5) is 12.5. The van der Waals surface area contributed by atoms with E-state index in [1.807, 2.05) is 0 Å². The first kappa shape index (κ1) is 23.6. The number of nitrogens with one attached hydrogen (secondary N) is 2. The van der Waals surface area contributed by atoms with E-state index in [2.05, 4.69) is 16.0 Å². The Labute approximate surface area is 182 Å². The van der Waals surface area contributed by atoms with E-state index in [4.69, 9.17) is 11.2 Å². The Kier molecular flexibility index (Phi) is 5.80. The number of rotatable bonds is 3. The number of aromatic nitrogens is 1. The number of benzene rings is 1. The molecule has 172 valence electrons. The summed E-state index contributed by atoms with van der Waals surface area (Å²) in [5.41, 5.74) is -3.18. The highest BCUT2D eigenvalue weighted by atomic mass is 32.2. The second kappa shape index (κ2) is 7.84. The van der Waals surface area contributed by atoms with E-state index in [0.29, 0.717) is 0 Å². The van der Waals surface area contributed by atoms with Gasteiger partial charge < -0.3 is 19.7 Å². The SMILES string of the molecule is C#C[C@@](C)(O)[C@@H]1COc2c(cn(C)c2C(=O)Nc2ccc(C)c(C(F)(F)F)c2)S(=O)(=O)N1. The maximum atomic E-state index is 13.2. The van der Waals surface area contributed by atoms with E-state index in [0.717, 1.165) is 12.3 Å². The summed E-state index contributed by atoms with van der Waals surface area (Å²) in [6.45, 7) is 2.12. The Hall–Kier alpha value is -3.01. The molecule has 0 spiro atoms. The molecule has 1 aromatic carbocycles. The lowest BCUT2D eigenvalue weighted by molar-refractivity contribution is -0.138. The van der Waals surface area contributed by atoms with Crippen molar-refractivity contribution in [1.82, 2.24) is 9.29 Å². The zero-order valence-corrected chi connectivity index (χ0v) is 18.1. The van der Waals surface area contributed by atoms with Crippen LogP contribution >= 0.6 is 0 Å². The summed E-state index contributed by atoms with van der Waals surface area (Å²) in [5, 5.41) is 12.6. The zero-order valence-electron chi connectivity index (χ0n) is 17.2. The predicted octanol–water partition coefficient (Wildman–Crippen LogP) is 2.03. The number of amides is 1. The Morgan fingerprint density at radius 2 is 2.06 bits per heavy atom. The van der Waals surface area contributed by atoms with Crippen LogP contribution < -0.4 is 14.8 Å². The van der Waals surface area contributed by atoms with Gasteiger partial charge in [-0.1, -0.05) is 12.0 Å². The van der Waals surface area contributed by atoms with E-state index < -0.39 is 45.9 Å². The van der Waals surface area contributed by atoms with E-state index in [1.54, 1.807) is 0 Å². The van der Waals surface area contributed by atoms with Crippen molar-refractivity contribution in [2.24, 2.45) is 7.05 Å². The van der Waals surface area contributed by atoms with Gasteiger partial charge in [0.2, 0.25) is 10.0 Å². The van der Waals surface area contributed by atoms with Crippen LogP contribution in [0.4, 0.5) is 18.9 Å². The van der Waals surface area contributed by atoms with Crippen LogP contribution in [0.3, 0.4) is 0 Å². The molecular weight excluding hydrogens is 451 g/mol. The number of sulfonamides is 1. The monoisotopic (exact) mass is 471 g/mol. The number of aryl methyl sites for hydroxylation is 2. The number of alkyl halides is 3. The van der Waals surface area contributed by atoms with E-state index in [9.17, 15) is 31.5 Å². The Morgan fingerprint density at radius 1 is 1.41 bits per heavy atom. The second-order valence-electron chi connectivity index (χ2n) is 7.54. The van der Waals surface area contributed by atoms with Crippen LogP contribution in [0.2, 0.25) is 0 Å². The highest BCUT2D eigenvalue weighted by molar-refractivity contribution is 7.89. The number of hydrogen-bond acceptors (Lipinski definition) is 5. The summed E-state index contributed by atoms with van der Waals surface area (Å²) < 4.78 is 74.0. The molecule has 2 aromatic rings. The fourth-order valence-corrected chi connectivity index (χ4v) is 4.69. The number of carbonyl (C=O) groups excluding carboxylic acids is 1. The molecule has 0 saturated carbocycles. The number of carbonyl (C=O) groups is 1. The van der Waals surface area contributed by atoms with Gasteiger partial charge in [-0.2, -0.15) is 13.2 Å². The molecule has 0 fully saturated rings. The molecule has 2 atom stereocenters. The molecule has 1 aromatic heterocycles. The van der Waals surface area contributed by atoms with E-state index in [1.165, 1.54) is 37.6 Å². The number of ether oxygens (including phenoxy) is 1. The molecule has 1 aliphatic rings. The lowest BCUT2D eigenvalue weighted by Crippen LogP contribution is -2.52. The number of fused-ring (bicyclic) bond motifs is 1. The topological polar surface area (TPSA) is 110 Å². The minimum atomic E-state index is -4.61. The van der Waals surface area contributed by atoms with Crippen LogP contribution in [0.1, 0.15) is 28.5 Å². The smallest absolute Gasteiger partial charge is 0.416 e. The lowest BCUT2D eigenvalue weighted by atomic mass is 9.99. The average molecular weight is 471 g/mol. The number of hydrogen-bond donors (Lipinski definition) is 3. The van der Waals surface area contributed by atoms with E-state index in [-0.39, 0.29) is 27.6 Å². The fraction of sp³-hybridized carbons (Fsp3) is 0.350. The third-order valence-corrected chi connectivity index (χ3v) is 6.54. The Morgan fingerprint density at radius 3 is 2.66 bits per heavy atom. The molecule has 0 unspecified atom stereocenters. The lowest BCUT2D eigenvalue weighted by Gasteiger charge is -2.26. The molecule has 12 heteroatoms. The molecule has 0 radical (unpaired) electrons.